The molecule has 8 heteroatoms. The smallest absolute Gasteiger partial charge is 0.293 e. The highest BCUT2D eigenvalue weighted by molar-refractivity contribution is 7.19. The highest BCUT2D eigenvalue weighted by Gasteiger charge is 2.24. The summed E-state index contributed by atoms with van der Waals surface area (Å²) in [4.78, 5) is 24.3. The van der Waals surface area contributed by atoms with Crippen LogP contribution in [0.4, 0.5) is 11.5 Å². The molecule has 2 heterocycles. The average Bonchev–Trinajstić information content (AvgIpc) is 3.39. The summed E-state index contributed by atoms with van der Waals surface area (Å²) in [6.45, 7) is 0.514. The van der Waals surface area contributed by atoms with Crippen LogP contribution in [0.5, 0.6) is 5.75 Å². The highest BCUT2D eigenvalue weighted by Crippen LogP contribution is 2.39. The van der Waals surface area contributed by atoms with Gasteiger partial charge in [-0.15, -0.1) is 11.3 Å². The first-order chi connectivity index (χ1) is 15.6. The van der Waals surface area contributed by atoms with Gasteiger partial charge in [-0.05, 0) is 54.7 Å². The van der Waals surface area contributed by atoms with Gasteiger partial charge in [0.1, 0.15) is 16.4 Å². The maximum atomic E-state index is 12.9. The van der Waals surface area contributed by atoms with Gasteiger partial charge in [0, 0.05) is 17.1 Å². The number of hydrogen-bond acceptors (Lipinski definition) is 6. The van der Waals surface area contributed by atoms with Gasteiger partial charge in [0.05, 0.1) is 17.5 Å². The number of nitrogens with zero attached hydrogens (tertiary/aromatic N) is 2. The summed E-state index contributed by atoms with van der Waals surface area (Å²) in [6, 6.07) is 15.0. The van der Waals surface area contributed by atoms with E-state index < -0.39 is 0 Å². The Morgan fingerprint density at radius 2 is 2.00 bits per heavy atom. The van der Waals surface area contributed by atoms with Crippen molar-refractivity contribution in [1.82, 2.24) is 9.97 Å². The van der Waals surface area contributed by atoms with Crippen LogP contribution < -0.4 is 15.4 Å². The van der Waals surface area contributed by atoms with Crippen molar-refractivity contribution in [2.45, 2.75) is 25.8 Å². The lowest BCUT2D eigenvalue weighted by Crippen LogP contribution is -2.17. The van der Waals surface area contributed by atoms with Crippen LogP contribution in [0, 0.1) is 0 Å². The number of anilines is 2. The summed E-state index contributed by atoms with van der Waals surface area (Å²) in [7, 11) is 1.59. The number of carbonyl (C=O) groups excluding carboxylic acids is 1. The van der Waals surface area contributed by atoms with Gasteiger partial charge in [-0.25, -0.2) is 9.97 Å². The second kappa shape index (κ2) is 8.76. The third-order valence-electron chi connectivity index (χ3n) is 5.48. The van der Waals surface area contributed by atoms with Crippen LogP contribution in [-0.2, 0) is 19.4 Å². The van der Waals surface area contributed by atoms with E-state index in [2.05, 4.69) is 20.6 Å². The number of ether oxygens (including phenoxy) is 1. The van der Waals surface area contributed by atoms with Gasteiger partial charge in [-0.1, -0.05) is 35.9 Å². The number of para-hydroxylation sites is 1. The molecule has 0 radical (unpaired) electrons. The minimum Gasteiger partial charge on any atom is -0.495 e. The lowest BCUT2D eigenvalue weighted by Gasteiger charge is -2.11. The summed E-state index contributed by atoms with van der Waals surface area (Å²) in [5.74, 6) is 1.13. The maximum absolute atomic E-state index is 12.9. The molecule has 32 heavy (non-hydrogen) atoms. The van der Waals surface area contributed by atoms with E-state index in [-0.39, 0.29) is 11.7 Å². The molecule has 4 aromatic rings. The number of thiophene rings is 1. The molecule has 0 spiro atoms. The first kappa shape index (κ1) is 20.7. The third-order valence-corrected chi connectivity index (χ3v) is 6.96. The maximum Gasteiger partial charge on any atom is 0.293 e. The minimum atomic E-state index is -0.331. The van der Waals surface area contributed by atoms with Crippen molar-refractivity contribution >= 4 is 50.6 Å². The summed E-state index contributed by atoms with van der Waals surface area (Å²) in [6.07, 6.45) is 3.20. The van der Waals surface area contributed by atoms with Crippen molar-refractivity contribution in [2.75, 3.05) is 17.7 Å². The minimum absolute atomic E-state index is 0.150. The molecule has 1 aliphatic rings. The predicted octanol–water partition coefficient (Wildman–Crippen LogP) is 5.71. The van der Waals surface area contributed by atoms with E-state index in [4.69, 9.17) is 16.3 Å². The average molecular weight is 465 g/mol. The monoisotopic (exact) mass is 464 g/mol. The largest absolute Gasteiger partial charge is 0.495 e. The van der Waals surface area contributed by atoms with Crippen LogP contribution in [0.1, 0.15) is 33.0 Å². The Labute approximate surface area is 194 Å². The van der Waals surface area contributed by atoms with Crippen molar-refractivity contribution in [3.05, 3.63) is 75.4 Å². The predicted molar refractivity (Wildman–Crippen MR) is 129 cm³/mol. The van der Waals surface area contributed by atoms with E-state index in [1.165, 1.54) is 10.4 Å². The molecule has 0 saturated carbocycles. The molecule has 2 N–H and O–H groups in total. The lowest BCUT2D eigenvalue weighted by atomic mass is 10.1. The molecule has 0 aliphatic heterocycles. The normalized spacial score (nSPS) is 12.6. The topological polar surface area (TPSA) is 76.1 Å². The molecule has 1 amide bonds. The van der Waals surface area contributed by atoms with Crippen molar-refractivity contribution in [3.8, 4) is 5.75 Å². The number of nitrogens with one attached hydrogen (secondary N) is 2. The van der Waals surface area contributed by atoms with Crippen LogP contribution >= 0.6 is 22.9 Å². The zero-order valence-corrected chi connectivity index (χ0v) is 19.0. The van der Waals surface area contributed by atoms with Crippen LogP contribution in [0.25, 0.3) is 10.2 Å². The number of aryl methyl sites for hydroxylation is 2. The van der Waals surface area contributed by atoms with Crippen molar-refractivity contribution in [1.29, 1.82) is 0 Å². The van der Waals surface area contributed by atoms with Crippen LogP contribution in [0.2, 0.25) is 5.02 Å². The summed E-state index contributed by atoms with van der Waals surface area (Å²) < 4.78 is 5.24. The number of hydrogen-bond donors (Lipinski definition) is 2. The number of methoxy groups -OCH3 is 1. The van der Waals surface area contributed by atoms with Crippen molar-refractivity contribution < 1.29 is 9.53 Å². The van der Waals surface area contributed by atoms with Gasteiger partial charge in [0.2, 0.25) is 5.82 Å². The molecule has 6 nitrogen and oxygen atoms in total. The van der Waals surface area contributed by atoms with E-state index in [9.17, 15) is 4.79 Å². The van der Waals surface area contributed by atoms with E-state index in [1.54, 1.807) is 18.4 Å². The van der Waals surface area contributed by atoms with Crippen LogP contribution in [0.15, 0.2) is 48.5 Å². The molecule has 2 aromatic carbocycles. The quantitative estimate of drug-likeness (QED) is 0.382. The SMILES string of the molecule is COc1ccc(CNc2nc(C(=O)Nc3ccccc3)nc3sc4c(c23)CCC4)cc1Cl. The van der Waals surface area contributed by atoms with Crippen molar-refractivity contribution in [2.24, 2.45) is 0 Å². The highest BCUT2D eigenvalue weighted by atomic mass is 35.5. The fraction of sp³-hybridized carbons (Fsp3) is 0.208. The molecule has 0 atom stereocenters. The molecule has 5 rings (SSSR count). The first-order valence-corrected chi connectivity index (χ1v) is 11.6. The van der Waals surface area contributed by atoms with E-state index in [1.807, 2.05) is 48.5 Å². The Morgan fingerprint density at radius 3 is 2.78 bits per heavy atom. The number of benzene rings is 2. The summed E-state index contributed by atoms with van der Waals surface area (Å²) >= 11 is 7.94. The van der Waals surface area contributed by atoms with Gasteiger partial charge in [-0.2, -0.15) is 0 Å². The van der Waals surface area contributed by atoms with E-state index >= 15 is 0 Å². The Hall–Kier alpha value is -3.16. The molecule has 0 unspecified atom stereocenters. The van der Waals surface area contributed by atoms with Gasteiger partial charge >= 0.3 is 0 Å². The van der Waals surface area contributed by atoms with Gasteiger partial charge in [0.15, 0.2) is 0 Å². The number of carbonyl (C=O) groups is 1. The van der Waals surface area contributed by atoms with Gasteiger partial charge in [-0.3, -0.25) is 4.79 Å². The lowest BCUT2D eigenvalue weighted by molar-refractivity contribution is 0.101. The molecule has 0 bridgehead atoms. The second-order valence-electron chi connectivity index (χ2n) is 7.58. The summed E-state index contributed by atoms with van der Waals surface area (Å²) in [5, 5.41) is 7.88. The molecule has 0 fully saturated rings. The fourth-order valence-electron chi connectivity index (χ4n) is 3.94. The number of rotatable bonds is 6. The Balaban J connectivity index is 1.48. The zero-order chi connectivity index (χ0) is 22.1. The second-order valence-corrected chi connectivity index (χ2v) is 9.07. The number of halogens is 1. The summed E-state index contributed by atoms with van der Waals surface area (Å²) in [5.41, 5.74) is 3.00. The molecule has 1 aliphatic carbocycles. The third kappa shape index (κ3) is 4.01. The molecule has 162 valence electrons. The van der Waals surface area contributed by atoms with Gasteiger partial charge < -0.3 is 15.4 Å². The fourth-order valence-corrected chi connectivity index (χ4v) is 5.48. The molecule has 0 saturated heterocycles. The Bertz CT molecular complexity index is 1310. The molecular formula is C24H21ClN4O2S. The van der Waals surface area contributed by atoms with E-state index in [0.29, 0.717) is 28.8 Å². The van der Waals surface area contributed by atoms with Crippen molar-refractivity contribution in [3.63, 3.8) is 0 Å². The van der Waals surface area contributed by atoms with Crippen LogP contribution in [0.3, 0.4) is 0 Å². The number of fused-ring (bicyclic) bond motifs is 3. The van der Waals surface area contributed by atoms with Gasteiger partial charge in [0.25, 0.3) is 5.91 Å². The number of aromatic nitrogens is 2. The Kier molecular flexibility index (Phi) is 5.68. The first-order valence-electron chi connectivity index (χ1n) is 10.4. The van der Waals surface area contributed by atoms with E-state index in [0.717, 1.165) is 35.0 Å². The standard InChI is InChI=1S/C24H21ClN4O2S/c1-31-18-11-10-14(12-17(18)25)13-26-21-20-16-8-5-9-19(16)32-24(20)29-22(28-21)23(30)27-15-6-3-2-4-7-15/h2-4,6-7,10-12H,5,8-9,13H2,1H3,(H,27,30)(H,26,28,29). The Morgan fingerprint density at radius 1 is 1.16 bits per heavy atom. The van der Waals surface area contributed by atoms with Crippen LogP contribution in [-0.4, -0.2) is 23.0 Å². The molecular weight excluding hydrogens is 444 g/mol. The zero-order valence-electron chi connectivity index (χ0n) is 17.4. The number of amides is 1. The molecule has 2 aromatic heterocycles.